The van der Waals surface area contributed by atoms with Crippen molar-refractivity contribution in [1.29, 1.82) is 0 Å². The lowest BCUT2D eigenvalue weighted by atomic mass is 9.76. The van der Waals surface area contributed by atoms with Crippen molar-refractivity contribution in [2.24, 2.45) is 0 Å². The molecule has 0 bridgehead atoms. The van der Waals surface area contributed by atoms with Crippen LogP contribution in [0, 0.1) is 0 Å². The first-order chi connectivity index (χ1) is 18.9. The summed E-state index contributed by atoms with van der Waals surface area (Å²) < 4.78 is 2.29. The van der Waals surface area contributed by atoms with Crippen LogP contribution < -0.4 is 0 Å². The van der Waals surface area contributed by atoms with E-state index in [1.54, 1.807) is 0 Å². The molecule has 1 unspecified atom stereocenters. The van der Waals surface area contributed by atoms with Crippen molar-refractivity contribution >= 4 is 0 Å². The highest BCUT2D eigenvalue weighted by atomic mass is 15.1. The molecule has 2 aromatic heterocycles. The monoisotopic (exact) mass is 491 g/mol. The molecule has 4 aromatic carbocycles. The first kappa shape index (κ1) is 23.6. The quantitative estimate of drug-likeness (QED) is 0.207. The van der Waals surface area contributed by atoms with E-state index < -0.39 is 5.54 Å². The summed E-state index contributed by atoms with van der Waals surface area (Å²) in [5.41, 5.74) is 6.56. The molecule has 0 spiro atoms. The Labute approximate surface area is 224 Å². The molecule has 0 aliphatic rings. The second-order valence-corrected chi connectivity index (χ2v) is 9.53. The Morgan fingerprint density at radius 1 is 0.553 bits per heavy atom. The Morgan fingerprint density at radius 2 is 1.00 bits per heavy atom. The maximum Gasteiger partial charge on any atom is 0.121 e. The van der Waals surface area contributed by atoms with E-state index in [1.165, 1.54) is 27.8 Å². The maximum atomic E-state index is 5.00. The van der Waals surface area contributed by atoms with Gasteiger partial charge in [0.1, 0.15) is 5.54 Å². The number of pyridine rings is 1. The summed E-state index contributed by atoms with van der Waals surface area (Å²) in [7, 11) is 0. The average Bonchev–Trinajstić information content (AvgIpc) is 3.48. The Hall–Kier alpha value is -4.76. The first-order valence-corrected chi connectivity index (χ1v) is 13.0. The maximum absolute atomic E-state index is 5.00. The van der Waals surface area contributed by atoms with E-state index >= 15 is 0 Å². The van der Waals surface area contributed by atoms with Gasteiger partial charge in [-0.05, 0) is 39.9 Å². The molecular formula is C35H29N3. The zero-order chi connectivity index (χ0) is 25.6. The molecule has 38 heavy (non-hydrogen) atoms. The van der Waals surface area contributed by atoms with E-state index in [-0.39, 0.29) is 5.92 Å². The van der Waals surface area contributed by atoms with Crippen molar-refractivity contribution in [3.63, 3.8) is 0 Å². The minimum absolute atomic E-state index is 0.183. The molecule has 0 saturated carbocycles. The van der Waals surface area contributed by atoms with Gasteiger partial charge in [-0.3, -0.25) is 4.98 Å². The van der Waals surface area contributed by atoms with Gasteiger partial charge in [0.15, 0.2) is 0 Å². The van der Waals surface area contributed by atoms with Crippen molar-refractivity contribution in [2.45, 2.75) is 17.9 Å². The van der Waals surface area contributed by atoms with Gasteiger partial charge in [-0.1, -0.05) is 121 Å². The lowest BCUT2D eigenvalue weighted by Crippen LogP contribution is -2.36. The van der Waals surface area contributed by atoms with Gasteiger partial charge in [-0.2, -0.15) is 0 Å². The van der Waals surface area contributed by atoms with Crippen LogP contribution in [0.3, 0.4) is 0 Å². The van der Waals surface area contributed by atoms with E-state index in [4.69, 9.17) is 4.98 Å². The molecule has 6 aromatic rings. The second kappa shape index (κ2) is 10.7. The van der Waals surface area contributed by atoms with E-state index in [2.05, 4.69) is 149 Å². The van der Waals surface area contributed by atoms with Gasteiger partial charge in [0.05, 0.1) is 12.0 Å². The SMILES string of the molecule is c1ccc(C(Cc2cn(C(c3ccccc3)(c3ccccc3)c3ccccc3)cn2)c2ccncc2)cc1. The van der Waals surface area contributed by atoms with Crippen LogP contribution in [0.15, 0.2) is 158 Å². The van der Waals surface area contributed by atoms with Gasteiger partial charge in [0.25, 0.3) is 0 Å². The largest absolute Gasteiger partial charge is 0.319 e. The lowest BCUT2D eigenvalue weighted by Gasteiger charge is -2.37. The second-order valence-electron chi connectivity index (χ2n) is 9.53. The Bertz CT molecular complexity index is 1430. The van der Waals surface area contributed by atoms with Crippen LogP contribution in [0.5, 0.6) is 0 Å². The summed E-state index contributed by atoms with van der Waals surface area (Å²) in [6, 6.07) is 47.1. The number of benzene rings is 4. The Kier molecular flexibility index (Phi) is 6.65. The first-order valence-electron chi connectivity index (χ1n) is 13.0. The van der Waals surface area contributed by atoms with E-state index in [0.717, 1.165) is 12.1 Å². The molecule has 3 nitrogen and oxygen atoms in total. The van der Waals surface area contributed by atoms with Crippen molar-refractivity contribution < 1.29 is 0 Å². The summed E-state index contributed by atoms with van der Waals surface area (Å²) in [5, 5.41) is 0. The molecule has 0 radical (unpaired) electrons. The van der Waals surface area contributed by atoms with Crippen molar-refractivity contribution in [3.8, 4) is 0 Å². The van der Waals surface area contributed by atoms with Crippen LogP contribution in [-0.4, -0.2) is 14.5 Å². The highest BCUT2D eigenvalue weighted by Gasteiger charge is 2.38. The van der Waals surface area contributed by atoms with Crippen LogP contribution in [0.2, 0.25) is 0 Å². The van der Waals surface area contributed by atoms with Crippen molar-refractivity contribution in [1.82, 2.24) is 14.5 Å². The minimum atomic E-state index is -0.562. The van der Waals surface area contributed by atoms with Crippen LogP contribution in [0.1, 0.15) is 39.4 Å². The molecule has 3 heteroatoms. The van der Waals surface area contributed by atoms with Crippen LogP contribution in [0.25, 0.3) is 0 Å². The molecular weight excluding hydrogens is 462 g/mol. The zero-order valence-corrected chi connectivity index (χ0v) is 21.1. The predicted molar refractivity (Wildman–Crippen MR) is 153 cm³/mol. The average molecular weight is 492 g/mol. The van der Waals surface area contributed by atoms with E-state index in [0.29, 0.717) is 0 Å². The number of hydrogen-bond donors (Lipinski definition) is 0. The number of rotatable bonds is 8. The summed E-state index contributed by atoms with van der Waals surface area (Å²) in [5.74, 6) is 0.183. The van der Waals surface area contributed by atoms with Crippen molar-refractivity contribution in [3.05, 3.63) is 192 Å². The molecule has 0 N–H and O–H groups in total. The smallest absolute Gasteiger partial charge is 0.121 e. The van der Waals surface area contributed by atoms with Gasteiger partial charge < -0.3 is 4.57 Å². The fourth-order valence-corrected chi connectivity index (χ4v) is 5.56. The zero-order valence-electron chi connectivity index (χ0n) is 21.1. The van der Waals surface area contributed by atoms with E-state index in [9.17, 15) is 0 Å². The fourth-order valence-electron chi connectivity index (χ4n) is 5.56. The minimum Gasteiger partial charge on any atom is -0.319 e. The lowest BCUT2D eigenvalue weighted by molar-refractivity contribution is 0.514. The molecule has 1 atom stereocenters. The third kappa shape index (κ3) is 4.44. The number of imidazole rings is 1. The summed E-state index contributed by atoms with van der Waals surface area (Å²) in [4.78, 5) is 9.24. The standard InChI is InChI=1S/C35H29N3/c1-5-13-28(14-6-1)34(29-21-23-36-24-22-29)25-33-26-38(27-37-33)35(30-15-7-2-8-16-30,31-17-9-3-10-18-31)32-19-11-4-12-20-32/h1-24,26-27,34H,25H2. The van der Waals surface area contributed by atoms with Gasteiger partial charge in [0.2, 0.25) is 0 Å². The normalized spacial score (nSPS) is 12.2. The van der Waals surface area contributed by atoms with Crippen LogP contribution in [-0.2, 0) is 12.0 Å². The molecule has 184 valence electrons. The molecule has 0 aliphatic carbocycles. The summed E-state index contributed by atoms with van der Waals surface area (Å²) >= 11 is 0. The van der Waals surface area contributed by atoms with E-state index in [1.807, 2.05) is 18.7 Å². The molecule has 0 saturated heterocycles. The van der Waals surface area contributed by atoms with Gasteiger partial charge in [-0.15, -0.1) is 0 Å². The summed E-state index contributed by atoms with van der Waals surface area (Å²) in [6.07, 6.45) is 8.75. The number of nitrogens with zero attached hydrogens (tertiary/aromatic N) is 3. The van der Waals surface area contributed by atoms with Crippen LogP contribution >= 0.6 is 0 Å². The van der Waals surface area contributed by atoms with Crippen LogP contribution in [0.4, 0.5) is 0 Å². The molecule has 0 aliphatic heterocycles. The topological polar surface area (TPSA) is 30.7 Å². The molecule has 2 heterocycles. The van der Waals surface area contributed by atoms with Gasteiger partial charge in [0, 0.05) is 30.9 Å². The van der Waals surface area contributed by atoms with Gasteiger partial charge in [-0.25, -0.2) is 4.98 Å². The fraction of sp³-hybridized carbons (Fsp3) is 0.0857. The third-order valence-electron chi connectivity index (χ3n) is 7.32. The predicted octanol–water partition coefficient (Wildman–Crippen LogP) is 7.49. The highest BCUT2D eigenvalue weighted by molar-refractivity contribution is 5.50. The van der Waals surface area contributed by atoms with Gasteiger partial charge >= 0.3 is 0 Å². The highest BCUT2D eigenvalue weighted by Crippen LogP contribution is 2.41. The number of aromatic nitrogens is 3. The molecule has 0 fully saturated rings. The summed E-state index contributed by atoms with van der Waals surface area (Å²) in [6.45, 7) is 0. The van der Waals surface area contributed by atoms with Crippen molar-refractivity contribution in [2.75, 3.05) is 0 Å². The molecule has 0 amide bonds. The Morgan fingerprint density at radius 3 is 1.50 bits per heavy atom. The third-order valence-corrected chi connectivity index (χ3v) is 7.32. The Balaban J connectivity index is 1.50. The molecule has 6 rings (SSSR count). The number of hydrogen-bond acceptors (Lipinski definition) is 2.